The molecule has 4 nitrogen and oxygen atoms in total. The van der Waals surface area contributed by atoms with Crippen LogP contribution in [0.5, 0.6) is 5.75 Å². The molecule has 0 aromatic heterocycles. The van der Waals surface area contributed by atoms with E-state index >= 15 is 0 Å². The number of amides is 1. The van der Waals surface area contributed by atoms with Crippen molar-refractivity contribution < 1.29 is 22.7 Å². The van der Waals surface area contributed by atoms with Crippen LogP contribution in [-0.4, -0.2) is 36.8 Å². The molecule has 0 saturated carbocycles. The molecular weight excluding hydrogens is 297 g/mol. The van der Waals surface area contributed by atoms with Gasteiger partial charge in [0.1, 0.15) is 5.75 Å². The summed E-state index contributed by atoms with van der Waals surface area (Å²) in [6.07, 6.45) is -1.87. The molecule has 0 radical (unpaired) electrons. The van der Waals surface area contributed by atoms with E-state index in [0.29, 0.717) is 31.1 Å². The van der Waals surface area contributed by atoms with Crippen LogP contribution >= 0.6 is 0 Å². The molecule has 1 saturated heterocycles. The predicted octanol–water partition coefficient (Wildman–Crippen LogP) is 2.79. The first-order chi connectivity index (χ1) is 10.4. The van der Waals surface area contributed by atoms with Crippen LogP contribution in [0.4, 0.5) is 13.2 Å². The Bertz CT molecular complexity index is 501. The molecule has 1 atom stereocenters. The lowest BCUT2D eigenvalue weighted by molar-refractivity contribution is -0.274. The van der Waals surface area contributed by atoms with Crippen molar-refractivity contribution >= 4 is 5.91 Å². The van der Waals surface area contributed by atoms with E-state index in [1.807, 2.05) is 0 Å². The van der Waals surface area contributed by atoms with Crippen molar-refractivity contribution in [3.8, 4) is 5.75 Å². The number of hydrogen-bond acceptors (Lipinski definition) is 3. The summed E-state index contributed by atoms with van der Waals surface area (Å²) in [5.41, 5.74) is 5.91. The number of carbonyl (C=O) groups is 1. The number of rotatable bonds is 4. The van der Waals surface area contributed by atoms with E-state index in [0.717, 1.165) is 31.4 Å². The molecular formula is C15H19F3N2O2. The Morgan fingerprint density at radius 1 is 1.32 bits per heavy atom. The van der Waals surface area contributed by atoms with Gasteiger partial charge in [0.15, 0.2) is 0 Å². The molecule has 1 unspecified atom stereocenters. The highest BCUT2D eigenvalue weighted by Gasteiger charge is 2.31. The zero-order chi connectivity index (χ0) is 16.2. The maximum atomic E-state index is 12.4. The molecule has 2 rings (SSSR count). The zero-order valence-electron chi connectivity index (χ0n) is 12.1. The van der Waals surface area contributed by atoms with Crippen LogP contribution in [0.2, 0.25) is 0 Å². The van der Waals surface area contributed by atoms with Gasteiger partial charge in [-0.2, -0.15) is 0 Å². The van der Waals surface area contributed by atoms with Crippen molar-refractivity contribution in [3.05, 3.63) is 29.8 Å². The number of carbonyl (C=O) groups excluding carboxylic acids is 1. The van der Waals surface area contributed by atoms with E-state index in [9.17, 15) is 18.0 Å². The normalized spacial score (nSPS) is 19.1. The Balaban J connectivity index is 2.00. The van der Waals surface area contributed by atoms with E-state index in [2.05, 4.69) is 4.74 Å². The molecule has 1 aliphatic rings. The summed E-state index contributed by atoms with van der Waals surface area (Å²) >= 11 is 0. The van der Waals surface area contributed by atoms with Crippen LogP contribution in [0.3, 0.4) is 0 Å². The molecule has 1 amide bonds. The summed E-state index contributed by atoms with van der Waals surface area (Å²) in [4.78, 5) is 14.1. The number of nitrogens with two attached hydrogens (primary N) is 1. The lowest BCUT2D eigenvalue weighted by Crippen LogP contribution is -2.40. The van der Waals surface area contributed by atoms with Crippen molar-refractivity contribution in [2.75, 3.05) is 19.6 Å². The Morgan fingerprint density at radius 3 is 2.59 bits per heavy atom. The molecule has 1 aromatic carbocycles. The summed E-state index contributed by atoms with van der Waals surface area (Å²) in [5.74, 6) is -0.0977. The smallest absolute Gasteiger partial charge is 0.406 e. The molecule has 2 N–H and O–H groups in total. The first-order valence-electron chi connectivity index (χ1n) is 7.24. The second-order valence-electron chi connectivity index (χ2n) is 5.41. The topological polar surface area (TPSA) is 55.6 Å². The molecule has 0 aliphatic carbocycles. The zero-order valence-corrected chi connectivity index (χ0v) is 12.1. The van der Waals surface area contributed by atoms with Gasteiger partial charge in [-0.15, -0.1) is 13.2 Å². The summed E-state index contributed by atoms with van der Waals surface area (Å²) in [5, 5.41) is 0. The van der Waals surface area contributed by atoms with E-state index in [-0.39, 0.29) is 11.7 Å². The Kier molecular flexibility index (Phi) is 5.28. The maximum Gasteiger partial charge on any atom is 0.573 e. The van der Waals surface area contributed by atoms with Gasteiger partial charge in [-0.25, -0.2) is 0 Å². The minimum absolute atomic E-state index is 0.166. The van der Waals surface area contributed by atoms with Crippen LogP contribution < -0.4 is 10.5 Å². The van der Waals surface area contributed by atoms with Crippen LogP contribution in [0.25, 0.3) is 0 Å². The van der Waals surface area contributed by atoms with Crippen molar-refractivity contribution in [2.24, 2.45) is 11.7 Å². The fraction of sp³-hybridized carbons (Fsp3) is 0.533. The fourth-order valence-corrected chi connectivity index (χ4v) is 2.70. The number of nitrogens with zero attached hydrogens (tertiary/aromatic N) is 1. The number of likely N-dealkylation sites (tertiary alicyclic amines) is 1. The SMILES string of the molecule is NCCC1CCCN(C(=O)c2ccc(OC(F)(F)F)cc2)C1. The van der Waals surface area contributed by atoms with Gasteiger partial charge in [-0.3, -0.25) is 4.79 Å². The van der Waals surface area contributed by atoms with Gasteiger partial charge in [0.05, 0.1) is 0 Å². The van der Waals surface area contributed by atoms with Crippen molar-refractivity contribution in [1.29, 1.82) is 0 Å². The minimum atomic E-state index is -4.73. The number of hydrogen-bond donors (Lipinski definition) is 1. The average molecular weight is 316 g/mol. The summed E-state index contributed by atoms with van der Waals surface area (Å²) in [6.45, 7) is 1.91. The fourth-order valence-electron chi connectivity index (χ4n) is 2.70. The monoisotopic (exact) mass is 316 g/mol. The van der Waals surface area contributed by atoms with Crippen LogP contribution in [0.1, 0.15) is 29.6 Å². The van der Waals surface area contributed by atoms with Gasteiger partial charge in [-0.1, -0.05) is 0 Å². The molecule has 1 aromatic rings. The number of ether oxygens (including phenoxy) is 1. The summed E-state index contributed by atoms with van der Waals surface area (Å²) in [7, 11) is 0. The molecule has 1 fully saturated rings. The number of halogens is 3. The third-order valence-electron chi connectivity index (χ3n) is 3.72. The van der Waals surface area contributed by atoms with E-state index < -0.39 is 6.36 Å². The molecule has 122 valence electrons. The third kappa shape index (κ3) is 4.62. The standard InChI is InChI=1S/C15H19F3N2O2/c16-15(17,18)22-13-5-3-12(4-6-13)14(21)20-9-1-2-11(10-20)7-8-19/h3-6,11H,1-2,7-10,19H2. The highest BCUT2D eigenvalue weighted by atomic mass is 19.4. The van der Waals surface area contributed by atoms with E-state index in [1.54, 1.807) is 4.90 Å². The largest absolute Gasteiger partial charge is 0.573 e. The highest BCUT2D eigenvalue weighted by molar-refractivity contribution is 5.94. The molecule has 0 bridgehead atoms. The van der Waals surface area contributed by atoms with E-state index in [1.165, 1.54) is 12.1 Å². The highest BCUT2D eigenvalue weighted by Crippen LogP contribution is 2.24. The maximum absolute atomic E-state index is 12.4. The quantitative estimate of drug-likeness (QED) is 0.929. The second kappa shape index (κ2) is 7.00. The van der Waals surface area contributed by atoms with Crippen LogP contribution in [-0.2, 0) is 0 Å². The average Bonchev–Trinajstić information content (AvgIpc) is 2.46. The Hall–Kier alpha value is -1.76. The number of alkyl halides is 3. The Labute approximate surface area is 127 Å². The predicted molar refractivity (Wildman–Crippen MR) is 75.4 cm³/mol. The molecule has 1 aliphatic heterocycles. The number of benzene rings is 1. The summed E-state index contributed by atoms with van der Waals surface area (Å²) < 4.78 is 40.1. The molecule has 0 spiro atoms. The van der Waals surface area contributed by atoms with Gasteiger partial charge in [0.2, 0.25) is 0 Å². The van der Waals surface area contributed by atoms with Gasteiger partial charge < -0.3 is 15.4 Å². The number of piperidine rings is 1. The lowest BCUT2D eigenvalue weighted by Gasteiger charge is -2.32. The van der Waals surface area contributed by atoms with Gasteiger partial charge >= 0.3 is 6.36 Å². The van der Waals surface area contributed by atoms with Crippen LogP contribution in [0, 0.1) is 5.92 Å². The van der Waals surface area contributed by atoms with Crippen molar-refractivity contribution in [2.45, 2.75) is 25.6 Å². The molecule has 1 heterocycles. The van der Waals surface area contributed by atoms with Gasteiger partial charge in [0.25, 0.3) is 5.91 Å². The van der Waals surface area contributed by atoms with Crippen LogP contribution in [0.15, 0.2) is 24.3 Å². The minimum Gasteiger partial charge on any atom is -0.406 e. The molecule has 7 heteroatoms. The van der Waals surface area contributed by atoms with Crippen molar-refractivity contribution in [1.82, 2.24) is 4.90 Å². The lowest BCUT2D eigenvalue weighted by atomic mass is 9.94. The first kappa shape index (κ1) is 16.6. The summed E-state index contributed by atoms with van der Waals surface area (Å²) in [6, 6.07) is 5.02. The van der Waals surface area contributed by atoms with Gasteiger partial charge in [-0.05, 0) is 56.0 Å². The van der Waals surface area contributed by atoms with E-state index in [4.69, 9.17) is 5.73 Å². The Morgan fingerprint density at radius 2 is 2.00 bits per heavy atom. The molecule has 22 heavy (non-hydrogen) atoms. The van der Waals surface area contributed by atoms with Gasteiger partial charge in [0, 0.05) is 18.7 Å². The first-order valence-corrected chi connectivity index (χ1v) is 7.24. The third-order valence-corrected chi connectivity index (χ3v) is 3.72. The second-order valence-corrected chi connectivity index (χ2v) is 5.41. The van der Waals surface area contributed by atoms with Crippen molar-refractivity contribution in [3.63, 3.8) is 0 Å².